The normalized spacial score (nSPS) is 14.4. The molecular weight excluding hydrogens is 855 g/mol. The minimum atomic E-state index is -0.612. The molecule has 0 N–H and O–H groups in total. The lowest BCUT2D eigenvalue weighted by Crippen LogP contribution is -2.32. The Morgan fingerprint density at radius 2 is 0.768 bits per heavy atom. The third-order valence-electron chi connectivity index (χ3n) is 15.4. The van der Waals surface area contributed by atoms with Crippen LogP contribution in [0.1, 0.15) is 44.5 Å². The van der Waals surface area contributed by atoms with Gasteiger partial charge in [-0.1, -0.05) is 206 Å². The summed E-state index contributed by atoms with van der Waals surface area (Å²) >= 11 is 1.89. The summed E-state index contributed by atoms with van der Waals surface area (Å²) in [5.74, 6) is 1.78. The number of hydrogen-bond acceptors (Lipinski definition) is 3. The third kappa shape index (κ3) is 5.17. The summed E-state index contributed by atoms with van der Waals surface area (Å²) < 4.78 is 6.76. The maximum absolute atomic E-state index is 6.76. The van der Waals surface area contributed by atoms with Gasteiger partial charge in [0.15, 0.2) is 0 Å². The van der Waals surface area contributed by atoms with Crippen molar-refractivity contribution in [2.45, 2.75) is 20.6 Å². The number of anilines is 3. The number of hydrogen-bond donors (Lipinski definition) is 0. The molecule has 11 aromatic rings. The molecule has 0 radical (unpaired) electrons. The van der Waals surface area contributed by atoms with Crippen LogP contribution in [0.5, 0.6) is 11.5 Å². The van der Waals surface area contributed by atoms with Crippen molar-refractivity contribution in [3.05, 3.63) is 293 Å². The Labute approximate surface area is 405 Å². The van der Waals surface area contributed by atoms with Crippen molar-refractivity contribution in [3.63, 3.8) is 0 Å². The molecule has 0 aromatic heterocycles. The van der Waals surface area contributed by atoms with E-state index in [0.29, 0.717) is 0 Å². The summed E-state index contributed by atoms with van der Waals surface area (Å²) in [7, 11) is 0. The Hall–Kier alpha value is -8.37. The smallest absolute Gasteiger partial charge is 0.132 e. The zero-order valence-electron chi connectivity index (χ0n) is 37.4. The SMILES string of the molecule is c1ccc(-c2ccc3cc(N(c4cccc5c4-c4ccccc4C54c5ccccc5Oc5ccccc54)c4cccc5c4-c4ccccc4C54c5ccccc5Sc5ccccc54)ccc3c2)cc1. The number of rotatable bonds is 4. The first kappa shape index (κ1) is 38.7. The van der Waals surface area contributed by atoms with Crippen LogP contribution in [-0.4, -0.2) is 0 Å². The minimum absolute atomic E-state index is 0.520. The first-order valence-electron chi connectivity index (χ1n) is 23.8. The predicted octanol–water partition coefficient (Wildman–Crippen LogP) is 17.3. The molecule has 322 valence electrons. The molecule has 11 aromatic carbocycles. The van der Waals surface area contributed by atoms with Crippen molar-refractivity contribution in [3.8, 4) is 44.9 Å². The summed E-state index contributed by atoms with van der Waals surface area (Å²) in [5, 5.41) is 2.39. The van der Waals surface area contributed by atoms with Gasteiger partial charge in [0.2, 0.25) is 0 Å². The van der Waals surface area contributed by atoms with E-state index in [1.807, 2.05) is 11.8 Å². The average molecular weight is 896 g/mol. The molecule has 0 fully saturated rings. The van der Waals surface area contributed by atoms with Gasteiger partial charge in [-0.05, 0) is 121 Å². The van der Waals surface area contributed by atoms with E-state index in [2.05, 4.69) is 254 Å². The summed E-state index contributed by atoms with van der Waals surface area (Å²) in [4.78, 5) is 5.18. The van der Waals surface area contributed by atoms with E-state index in [-0.39, 0.29) is 0 Å². The van der Waals surface area contributed by atoms with Crippen LogP contribution in [0.2, 0.25) is 0 Å². The van der Waals surface area contributed by atoms with Gasteiger partial charge < -0.3 is 9.64 Å². The molecule has 2 heterocycles. The summed E-state index contributed by atoms with van der Waals surface area (Å²) in [5.41, 5.74) is 19.7. The number of benzene rings is 11. The van der Waals surface area contributed by atoms with E-state index >= 15 is 0 Å². The van der Waals surface area contributed by atoms with Crippen LogP contribution >= 0.6 is 11.8 Å². The van der Waals surface area contributed by atoms with Crippen LogP contribution in [0.3, 0.4) is 0 Å². The highest BCUT2D eigenvalue weighted by Crippen LogP contribution is 2.67. The molecule has 0 bridgehead atoms. The Morgan fingerprint density at radius 3 is 1.36 bits per heavy atom. The molecule has 15 rings (SSSR count). The highest BCUT2D eigenvalue weighted by molar-refractivity contribution is 7.99. The lowest BCUT2D eigenvalue weighted by molar-refractivity contribution is 0.436. The van der Waals surface area contributed by atoms with Crippen LogP contribution < -0.4 is 9.64 Å². The maximum Gasteiger partial charge on any atom is 0.132 e. The largest absolute Gasteiger partial charge is 0.457 e. The summed E-state index contributed by atoms with van der Waals surface area (Å²) in [6.07, 6.45) is 0. The van der Waals surface area contributed by atoms with E-state index in [1.54, 1.807) is 0 Å². The highest BCUT2D eigenvalue weighted by Gasteiger charge is 2.53. The van der Waals surface area contributed by atoms with Gasteiger partial charge in [0.25, 0.3) is 0 Å². The van der Waals surface area contributed by atoms with Crippen molar-refractivity contribution in [1.29, 1.82) is 0 Å². The van der Waals surface area contributed by atoms with Gasteiger partial charge in [0.05, 0.1) is 22.2 Å². The Morgan fingerprint density at radius 1 is 0.319 bits per heavy atom. The lowest BCUT2D eigenvalue weighted by atomic mass is 9.66. The first-order valence-corrected chi connectivity index (χ1v) is 24.6. The standard InChI is InChI=1S/C66H41NOS/c1-2-18-42(19-3-1)43-36-37-45-41-46(39-38-44(45)40-43)67(57-30-16-28-55-63(57)47-20-4-6-22-49(47)65(55)51-24-8-12-32-59(51)68-60-33-13-9-25-52(60)65)58-31-17-29-56-64(58)48-21-5-7-23-50(48)66(56)53-26-10-14-34-61(53)69-62-35-15-11-27-54(62)66/h1-41H. The fraction of sp³-hybridized carbons (Fsp3) is 0.0303. The van der Waals surface area contributed by atoms with Gasteiger partial charge in [0, 0.05) is 37.7 Å². The second-order valence-electron chi connectivity index (χ2n) is 18.6. The molecule has 3 heteroatoms. The van der Waals surface area contributed by atoms with Gasteiger partial charge >= 0.3 is 0 Å². The Bertz CT molecular complexity index is 3660. The number of fused-ring (bicyclic) bond motifs is 19. The van der Waals surface area contributed by atoms with Crippen molar-refractivity contribution < 1.29 is 4.74 Å². The molecule has 0 saturated heterocycles. The van der Waals surface area contributed by atoms with Gasteiger partial charge in [-0.25, -0.2) is 0 Å². The first-order chi connectivity index (χ1) is 34.2. The van der Waals surface area contributed by atoms with E-state index in [4.69, 9.17) is 4.74 Å². The third-order valence-corrected chi connectivity index (χ3v) is 16.5. The van der Waals surface area contributed by atoms with Crippen molar-refractivity contribution >= 4 is 39.6 Å². The van der Waals surface area contributed by atoms with Crippen molar-refractivity contribution in [2.75, 3.05) is 4.90 Å². The molecule has 4 aliphatic rings. The summed E-state index contributed by atoms with van der Waals surface area (Å²) in [6, 6.07) is 92.4. The molecule has 2 nitrogen and oxygen atoms in total. The topological polar surface area (TPSA) is 12.5 Å². The fourth-order valence-corrected chi connectivity index (χ4v) is 13.9. The van der Waals surface area contributed by atoms with Crippen LogP contribution in [0, 0.1) is 0 Å². The second-order valence-corrected chi connectivity index (χ2v) is 19.7. The zero-order chi connectivity index (χ0) is 45.3. The molecule has 0 saturated carbocycles. The van der Waals surface area contributed by atoms with Gasteiger partial charge in [-0.3, -0.25) is 0 Å². The van der Waals surface area contributed by atoms with E-state index in [9.17, 15) is 0 Å². The van der Waals surface area contributed by atoms with Crippen LogP contribution in [0.15, 0.2) is 259 Å². The maximum atomic E-state index is 6.76. The van der Waals surface area contributed by atoms with Crippen molar-refractivity contribution in [1.82, 2.24) is 0 Å². The second kappa shape index (κ2) is 14.6. The Balaban J connectivity index is 1.05. The Kier molecular flexibility index (Phi) is 8.17. The van der Waals surface area contributed by atoms with Crippen molar-refractivity contribution in [2.24, 2.45) is 0 Å². The number of ether oxygens (including phenoxy) is 1. The zero-order valence-corrected chi connectivity index (χ0v) is 38.3. The molecule has 0 unspecified atom stereocenters. The van der Waals surface area contributed by atoms with E-state index in [1.165, 1.54) is 87.3 Å². The van der Waals surface area contributed by atoms with Crippen LogP contribution in [-0.2, 0) is 10.8 Å². The number of para-hydroxylation sites is 2. The van der Waals surface area contributed by atoms with Gasteiger partial charge in [-0.2, -0.15) is 0 Å². The molecule has 0 atom stereocenters. The lowest BCUT2D eigenvalue weighted by Gasteiger charge is -2.40. The van der Waals surface area contributed by atoms with Crippen LogP contribution in [0.4, 0.5) is 17.1 Å². The quantitative estimate of drug-likeness (QED) is 0.175. The molecule has 0 amide bonds. The monoisotopic (exact) mass is 895 g/mol. The van der Waals surface area contributed by atoms with E-state index < -0.39 is 10.8 Å². The highest BCUT2D eigenvalue weighted by atomic mass is 32.2. The molecule has 2 aliphatic carbocycles. The minimum Gasteiger partial charge on any atom is -0.457 e. The summed E-state index contributed by atoms with van der Waals surface area (Å²) in [6.45, 7) is 0. The average Bonchev–Trinajstić information content (AvgIpc) is 3.88. The number of nitrogens with zero attached hydrogens (tertiary/aromatic N) is 1. The van der Waals surface area contributed by atoms with E-state index in [0.717, 1.165) is 39.7 Å². The van der Waals surface area contributed by atoms with Gasteiger partial charge in [0.1, 0.15) is 11.5 Å². The molecule has 2 aliphatic heterocycles. The van der Waals surface area contributed by atoms with Crippen LogP contribution in [0.25, 0.3) is 44.2 Å². The fourth-order valence-electron chi connectivity index (χ4n) is 12.7. The van der Waals surface area contributed by atoms with Gasteiger partial charge in [-0.15, -0.1) is 0 Å². The molecular formula is C66H41NOS. The molecule has 69 heavy (non-hydrogen) atoms. The predicted molar refractivity (Wildman–Crippen MR) is 283 cm³/mol. The molecule has 2 spiro atoms.